The van der Waals surface area contributed by atoms with Gasteiger partial charge in [0.25, 0.3) is 48.7 Å². The average molecular weight is 1870 g/mol. The first-order valence-electron chi connectivity index (χ1n) is 40.9. The topological polar surface area (TPSA) is 512 Å². The number of hydrogen-bond acceptors (Lipinski definition) is 27. The molecular formula is C87H103BrClFN12O26. The monoisotopic (exact) mass is 1870 g/mol. The lowest BCUT2D eigenvalue weighted by molar-refractivity contribution is -0.137. The van der Waals surface area contributed by atoms with Crippen LogP contribution < -0.4 is 43.0 Å². The van der Waals surface area contributed by atoms with Gasteiger partial charge in [0.2, 0.25) is 47.3 Å². The van der Waals surface area contributed by atoms with Crippen molar-refractivity contribution in [2.75, 3.05) is 79.0 Å². The Morgan fingerprint density at radius 2 is 0.742 bits per heavy atom. The van der Waals surface area contributed by atoms with Crippen molar-refractivity contribution in [1.82, 2.24) is 56.8 Å². The van der Waals surface area contributed by atoms with Crippen LogP contribution in [0.4, 0.5) is 19.1 Å². The van der Waals surface area contributed by atoms with Gasteiger partial charge in [0.15, 0.2) is 0 Å². The molecule has 38 nitrogen and oxygen atoms in total. The van der Waals surface area contributed by atoms with Crippen molar-refractivity contribution in [2.24, 2.45) is 5.73 Å². The number of carbonyl (C=O) groups excluding carboxylic acids is 19. The Labute approximate surface area is 752 Å². The van der Waals surface area contributed by atoms with Crippen molar-refractivity contribution in [2.45, 2.75) is 180 Å². The third-order valence-electron chi connectivity index (χ3n) is 19.1. The van der Waals surface area contributed by atoms with E-state index in [4.69, 9.17) is 50.0 Å². The summed E-state index contributed by atoms with van der Waals surface area (Å²) in [6.45, 7) is 20.1. The molecule has 688 valence electrons. The number of imide groups is 8. The van der Waals surface area contributed by atoms with Gasteiger partial charge < -0.3 is 54.8 Å². The predicted octanol–water partition coefficient (Wildman–Crippen LogP) is 5.12. The second-order valence-corrected chi connectivity index (χ2v) is 32.8. The molecule has 9 N–H and O–H groups in total. The molecular weight excluding hydrogens is 1760 g/mol. The van der Waals surface area contributed by atoms with Crippen molar-refractivity contribution in [3.05, 3.63) is 138 Å². The van der Waals surface area contributed by atoms with Crippen LogP contribution in [0.5, 0.6) is 0 Å². The van der Waals surface area contributed by atoms with Crippen molar-refractivity contribution < 1.29 is 129 Å². The highest BCUT2D eigenvalue weighted by molar-refractivity contribution is 9.10. The van der Waals surface area contributed by atoms with Crippen LogP contribution in [0.1, 0.15) is 226 Å². The third-order valence-corrected chi connectivity index (χ3v) is 19.7. The van der Waals surface area contributed by atoms with Gasteiger partial charge in [0.1, 0.15) is 54.2 Å². The van der Waals surface area contributed by atoms with E-state index in [1.54, 1.807) is 129 Å². The third kappa shape index (κ3) is 28.5. The molecule has 4 aromatic carbocycles. The molecule has 4 unspecified atom stereocenters. The average Bonchev–Trinajstić information content (AvgIpc) is 1.62. The molecule has 4 atom stereocenters. The molecule has 0 aromatic heterocycles. The van der Waals surface area contributed by atoms with Crippen molar-refractivity contribution >= 4 is 141 Å². The zero-order valence-corrected chi connectivity index (χ0v) is 74.3. The largest absolute Gasteiger partial charge is 0.444 e. The molecule has 4 saturated heterocycles. The number of nitrogens with zero attached hydrogens (tertiary/aromatic N) is 4. The number of fused-ring (bicyclic) bond motifs is 4. The SMILES string of the molecule is C#CCOCCNC(=O)OC(C)(C)C.CC(C)(C)OC(=O)NCCOCC#Cc1cccc2c1C(=O)N(C1CCC(=O)NC1=O)C2=O.CC(C)(C)OC(=O)NCCOCCCc1cccc2c1C(=O)N(C1CCC(=O)NC1=O)C2=O.Cl.NCCOCCCc1cccc2c1C(=O)N(C1CCC(=O)NC1=O)C2=O.O=C1CCC(N2C(=O)c3cccc(Br)c3C2=O)C(=O)N1.[3H]F. The quantitative estimate of drug-likeness (QED) is 0.0185. The number of benzene rings is 4. The number of hydrogen-bond donors (Lipinski definition) is 8. The first-order chi connectivity index (χ1) is 60.7. The molecule has 4 fully saturated rings. The maximum Gasteiger partial charge on any atom is 0.407 e. The van der Waals surface area contributed by atoms with Crippen LogP contribution in [-0.2, 0) is 84.4 Å². The van der Waals surface area contributed by atoms with E-state index < -0.39 is 142 Å². The molecule has 0 saturated carbocycles. The number of ether oxygens (including phenoxy) is 7. The van der Waals surface area contributed by atoms with Gasteiger partial charge in [-0.15, -0.1) is 18.8 Å². The van der Waals surface area contributed by atoms with Gasteiger partial charge in [-0.3, -0.25) is 122 Å². The summed E-state index contributed by atoms with van der Waals surface area (Å²) in [5.41, 5.74) is 7.62. The molecule has 12 rings (SSSR count). The van der Waals surface area contributed by atoms with Crippen LogP contribution >= 0.6 is 28.3 Å². The van der Waals surface area contributed by atoms with E-state index in [0.29, 0.717) is 111 Å². The van der Waals surface area contributed by atoms with Crippen molar-refractivity contribution in [3.8, 4) is 24.2 Å². The van der Waals surface area contributed by atoms with Gasteiger partial charge in [-0.05, 0) is 177 Å². The summed E-state index contributed by atoms with van der Waals surface area (Å²) in [6.07, 6.45) is 6.73. The van der Waals surface area contributed by atoms with E-state index in [1.807, 2.05) is 0 Å². The minimum absolute atomic E-state index is 0. The minimum Gasteiger partial charge on any atom is -0.444 e. The van der Waals surface area contributed by atoms with Crippen LogP contribution in [0.2, 0.25) is 0 Å². The van der Waals surface area contributed by atoms with Crippen LogP contribution in [0.15, 0.2) is 77.3 Å². The van der Waals surface area contributed by atoms with E-state index in [-0.39, 0.29) is 130 Å². The van der Waals surface area contributed by atoms with Gasteiger partial charge in [-0.1, -0.05) is 54.2 Å². The number of amides is 19. The molecule has 41 heteroatoms. The van der Waals surface area contributed by atoms with Crippen molar-refractivity contribution in [1.29, 1.82) is 1.45 Å². The molecule has 0 spiro atoms. The van der Waals surface area contributed by atoms with Gasteiger partial charge >= 0.3 is 18.3 Å². The number of rotatable bonds is 25. The number of terminal acetylenes is 1. The number of carbonyl (C=O) groups is 19. The summed E-state index contributed by atoms with van der Waals surface area (Å²) in [5, 5.41) is 16.4. The second kappa shape index (κ2) is 47.8. The van der Waals surface area contributed by atoms with Gasteiger partial charge in [-0.2, -0.15) is 0 Å². The van der Waals surface area contributed by atoms with Gasteiger partial charge in [0, 0.05) is 75.1 Å². The first kappa shape index (κ1) is 103. The molecule has 0 aliphatic carbocycles. The van der Waals surface area contributed by atoms with Crippen LogP contribution in [0, 0.1) is 24.2 Å². The summed E-state index contributed by atoms with van der Waals surface area (Å²) in [7, 11) is 0. The fourth-order valence-corrected chi connectivity index (χ4v) is 14.2. The molecule has 8 aliphatic heterocycles. The Bertz CT molecular complexity index is 5070. The maximum atomic E-state index is 13.0. The number of nitrogens with one attached hydrogen (secondary N) is 7. The highest BCUT2D eigenvalue weighted by atomic mass is 79.9. The second-order valence-electron chi connectivity index (χ2n) is 32.0. The summed E-state index contributed by atoms with van der Waals surface area (Å²) in [6, 6.07) is 15.9. The molecule has 0 bridgehead atoms. The van der Waals surface area contributed by atoms with E-state index in [0.717, 1.165) is 25.2 Å². The lowest BCUT2D eigenvalue weighted by Crippen LogP contribution is -2.54. The molecule has 8 aliphatic rings. The Balaban J connectivity index is 0.000000253. The maximum absolute atomic E-state index is 13.0. The van der Waals surface area contributed by atoms with E-state index in [1.165, 1.54) is 6.07 Å². The van der Waals surface area contributed by atoms with Gasteiger partial charge in [0.05, 0.1) is 70.9 Å². The summed E-state index contributed by atoms with van der Waals surface area (Å²) >= 11 is 3.24. The van der Waals surface area contributed by atoms with Crippen molar-refractivity contribution in [3.63, 3.8) is 0 Å². The standard InChI is InChI=1S/C23H29N3O7.C23H25N3O7.C18H21N3O5.C13H9BrN2O4.C10H17NO3.ClH.FH/c2*1-23(2,3)33-22(31)24-11-13-32-12-5-7-14-6-4-8-15-18(14)21(30)26(20(15)29)16-9-10-17(27)25-19(16)28;19-8-10-26-9-2-4-11-3-1-5-12-15(11)18(25)21(17(12)24)13-6-7-14(22)20-16(13)23;14-7-3-1-2-6-10(7)13(20)16(12(6)19)8-4-5-9(17)15-11(8)18;1-5-7-13-8-6-11-9(12)14-10(2,3)4;;/h4,6,8,16H,5,7,9-13H2,1-3H3,(H,24,31)(H,25,27,28);4,6,8,16H,9-13H2,1-3H3,(H,24,31)(H,25,27,28);1,3,5,13H,2,4,6-10,19H2,(H,20,22,23);1-3,8H,4-5H2,(H,15,17,18);1H,6-8H2,2-4H3,(H,11,12);2*1H/i/hT. The number of alkyl carbamates (subject to hydrolysis) is 3. The lowest BCUT2D eigenvalue weighted by atomic mass is 9.99. The lowest BCUT2D eigenvalue weighted by Gasteiger charge is -2.27. The number of aryl methyl sites for hydroxylation is 2. The smallest absolute Gasteiger partial charge is 0.407 e. The zero-order valence-electron chi connectivity index (χ0n) is 72.9. The fourth-order valence-electron chi connectivity index (χ4n) is 13.7. The predicted molar refractivity (Wildman–Crippen MR) is 457 cm³/mol. The number of halogens is 3. The molecule has 19 amide bonds. The summed E-state index contributed by atoms with van der Waals surface area (Å²) < 4.78 is 49.9. The Hall–Kier alpha value is -12.6. The van der Waals surface area contributed by atoms with Gasteiger partial charge in [-0.25, -0.2) is 14.4 Å². The molecule has 128 heavy (non-hydrogen) atoms. The Morgan fingerprint density at radius 1 is 0.438 bits per heavy atom. The Kier molecular flexibility index (Phi) is 38.3. The van der Waals surface area contributed by atoms with E-state index in [9.17, 15) is 91.1 Å². The fraction of sp³-hybridized carbons (Fsp3) is 0.460. The van der Waals surface area contributed by atoms with Crippen LogP contribution in [0.3, 0.4) is 0 Å². The number of piperidine rings is 4. The van der Waals surface area contributed by atoms with E-state index in [2.05, 4.69) is 72.4 Å². The molecule has 4 aromatic rings. The summed E-state index contributed by atoms with van der Waals surface area (Å²) in [5.74, 6) is -0.374. The number of nitrogens with two attached hydrogens (primary N) is 1. The normalized spacial score (nSPS) is 17.9. The highest BCUT2D eigenvalue weighted by Crippen LogP contribution is 2.36. The molecule has 8 heterocycles. The first-order valence-corrected chi connectivity index (χ1v) is 41.3. The highest BCUT2D eigenvalue weighted by Gasteiger charge is 2.50. The van der Waals surface area contributed by atoms with Crippen LogP contribution in [-0.4, -0.2) is 254 Å². The Morgan fingerprint density at radius 3 is 1.08 bits per heavy atom. The minimum atomic E-state index is -1.03. The van der Waals surface area contributed by atoms with E-state index >= 15 is 0 Å². The molecule has 0 radical (unpaired) electrons. The summed E-state index contributed by atoms with van der Waals surface area (Å²) in [4.78, 5) is 233. The van der Waals surface area contributed by atoms with Crippen LogP contribution in [0.25, 0.3) is 0 Å². The zero-order chi connectivity index (χ0) is 94.5.